The summed E-state index contributed by atoms with van der Waals surface area (Å²) < 4.78 is 66.9. The Morgan fingerprint density at radius 1 is 1.07 bits per heavy atom. The second kappa shape index (κ2) is 10.3. The van der Waals surface area contributed by atoms with Gasteiger partial charge in [-0.25, -0.2) is 22.5 Å². The van der Waals surface area contributed by atoms with Crippen molar-refractivity contribution >= 4 is 55.0 Å². The number of rotatable bonds is 5. The van der Waals surface area contributed by atoms with Gasteiger partial charge in [-0.3, -0.25) is 4.90 Å². The van der Waals surface area contributed by atoms with E-state index in [2.05, 4.69) is 25.2 Å². The highest BCUT2D eigenvalue weighted by molar-refractivity contribution is 7.22. The average molecular weight is 622 g/mol. The normalized spacial score (nSPS) is 20.4. The molecule has 3 N–H and O–H groups in total. The van der Waals surface area contributed by atoms with Crippen molar-refractivity contribution in [3.05, 3.63) is 34.9 Å². The summed E-state index contributed by atoms with van der Waals surface area (Å²) in [5, 5.41) is 3.01. The van der Waals surface area contributed by atoms with E-state index in [9.17, 15) is 13.2 Å². The molecule has 7 rings (SSSR count). The first-order chi connectivity index (χ1) is 20.1. The number of nitrogens with two attached hydrogens (primary N) is 1. The molecular weight excluding hydrogens is 594 g/mol. The molecule has 2 aromatic heterocycles. The summed E-state index contributed by atoms with van der Waals surface area (Å²) in [4.78, 5) is 17.1. The molecule has 42 heavy (non-hydrogen) atoms. The fourth-order valence-corrected chi connectivity index (χ4v) is 7.70. The second-order valence-corrected chi connectivity index (χ2v) is 12.7. The molecule has 3 aliphatic rings. The number of nitrogens with one attached hydrogen (secondary N) is 1. The molecule has 3 fully saturated rings. The van der Waals surface area contributed by atoms with Crippen LogP contribution in [0.1, 0.15) is 25.7 Å². The molecule has 3 saturated heterocycles. The van der Waals surface area contributed by atoms with Crippen LogP contribution >= 0.6 is 22.9 Å². The van der Waals surface area contributed by atoms with Gasteiger partial charge in [0.15, 0.2) is 10.9 Å². The first-order valence-electron chi connectivity index (χ1n) is 13.9. The lowest BCUT2D eigenvalue weighted by atomic mass is 9.95. The highest BCUT2D eigenvalue weighted by Gasteiger charge is 2.45. The van der Waals surface area contributed by atoms with Crippen molar-refractivity contribution in [2.24, 2.45) is 0 Å². The molecule has 0 radical (unpaired) electrons. The number of halogens is 5. The van der Waals surface area contributed by atoms with E-state index in [1.165, 1.54) is 23.1 Å². The van der Waals surface area contributed by atoms with Crippen molar-refractivity contribution in [1.82, 2.24) is 25.2 Å². The number of thiazole rings is 1. The lowest BCUT2D eigenvalue weighted by Crippen LogP contribution is -2.43. The second-order valence-electron chi connectivity index (χ2n) is 11.3. The molecule has 2 aromatic carbocycles. The molecule has 0 aliphatic carbocycles. The number of hydrogen-bond acceptors (Lipinski definition) is 9. The van der Waals surface area contributed by atoms with Gasteiger partial charge in [0, 0.05) is 29.6 Å². The standard InChI is InChI=1S/C28H28ClF4N7OS/c29-17-11-16-21(20(31)19(17)15-3-4-18(30)23-22(15)36-25(34)42-23)37-26(41-14-27-5-1-8-40(27)9-2-6-27)38-24(16)39-10-7-35-12-28(32,33)13-39/h3-4,11,35H,1-2,5-10,12-14H2,(H2,34,36). The molecular formula is C28H28ClF4N7OS. The van der Waals surface area contributed by atoms with Crippen molar-refractivity contribution in [2.75, 3.05) is 56.5 Å². The van der Waals surface area contributed by atoms with Crippen LogP contribution in [0.2, 0.25) is 5.02 Å². The van der Waals surface area contributed by atoms with Crippen LogP contribution in [0.4, 0.5) is 28.5 Å². The number of benzene rings is 2. The maximum atomic E-state index is 16.6. The van der Waals surface area contributed by atoms with E-state index in [0.29, 0.717) is 6.61 Å². The predicted molar refractivity (Wildman–Crippen MR) is 156 cm³/mol. The topological polar surface area (TPSA) is 92.4 Å². The number of ether oxygens (including phenoxy) is 1. The van der Waals surface area contributed by atoms with Gasteiger partial charge in [-0.2, -0.15) is 9.97 Å². The molecule has 0 spiro atoms. The molecule has 0 unspecified atom stereocenters. The van der Waals surface area contributed by atoms with Crippen LogP contribution in [0, 0.1) is 11.6 Å². The summed E-state index contributed by atoms with van der Waals surface area (Å²) in [7, 11) is 0. The molecule has 8 nitrogen and oxygen atoms in total. The van der Waals surface area contributed by atoms with Crippen LogP contribution in [-0.2, 0) is 0 Å². The van der Waals surface area contributed by atoms with Crippen LogP contribution in [0.5, 0.6) is 6.01 Å². The van der Waals surface area contributed by atoms with Crippen LogP contribution in [0.15, 0.2) is 18.2 Å². The van der Waals surface area contributed by atoms with E-state index in [1.807, 2.05) is 0 Å². The van der Waals surface area contributed by atoms with Gasteiger partial charge in [0.1, 0.15) is 23.8 Å². The van der Waals surface area contributed by atoms with Crippen molar-refractivity contribution < 1.29 is 22.3 Å². The Kier molecular flexibility index (Phi) is 6.83. The van der Waals surface area contributed by atoms with Gasteiger partial charge in [0.25, 0.3) is 5.92 Å². The zero-order valence-corrected chi connectivity index (χ0v) is 24.1. The molecule has 222 valence electrons. The molecule has 3 aliphatic heterocycles. The number of hydrogen-bond donors (Lipinski definition) is 2. The quantitative estimate of drug-likeness (QED) is 0.284. The van der Waals surface area contributed by atoms with E-state index >= 15 is 4.39 Å². The number of fused-ring (bicyclic) bond motifs is 3. The van der Waals surface area contributed by atoms with E-state index in [0.717, 1.165) is 50.1 Å². The third kappa shape index (κ3) is 4.70. The predicted octanol–water partition coefficient (Wildman–Crippen LogP) is 5.47. The highest BCUT2D eigenvalue weighted by atomic mass is 35.5. The zero-order valence-electron chi connectivity index (χ0n) is 22.5. The molecule has 5 heterocycles. The first kappa shape index (κ1) is 27.8. The fourth-order valence-electron chi connectivity index (χ4n) is 6.65. The molecule has 14 heteroatoms. The summed E-state index contributed by atoms with van der Waals surface area (Å²) in [5.74, 6) is -4.29. The minimum Gasteiger partial charge on any atom is -0.461 e. The SMILES string of the molecule is Nc1nc2c(-c3c(Cl)cc4c(N5CCNCC(F)(F)C5)nc(OCC56CCCN5CCC6)nc4c3F)ccc(F)c2s1. The van der Waals surface area contributed by atoms with Gasteiger partial charge in [-0.05, 0) is 57.0 Å². The summed E-state index contributed by atoms with van der Waals surface area (Å²) in [5.41, 5.74) is 5.95. The van der Waals surface area contributed by atoms with Crippen molar-refractivity contribution in [3.8, 4) is 17.1 Å². The fraction of sp³-hybridized carbons (Fsp3) is 0.464. The molecule has 4 aromatic rings. The van der Waals surface area contributed by atoms with Gasteiger partial charge >= 0.3 is 6.01 Å². The monoisotopic (exact) mass is 621 g/mol. The number of aromatic nitrogens is 3. The summed E-state index contributed by atoms with van der Waals surface area (Å²) in [6.45, 7) is 1.68. The Labute approximate surface area is 247 Å². The molecule has 0 saturated carbocycles. The third-order valence-electron chi connectivity index (χ3n) is 8.57. The van der Waals surface area contributed by atoms with Crippen molar-refractivity contribution in [2.45, 2.75) is 37.1 Å². The Balaban J connectivity index is 1.39. The van der Waals surface area contributed by atoms with Crippen LogP contribution in [0.25, 0.3) is 32.2 Å². The average Bonchev–Trinajstić information content (AvgIpc) is 3.61. The molecule has 0 bridgehead atoms. The van der Waals surface area contributed by atoms with Crippen LogP contribution < -0.4 is 20.7 Å². The highest BCUT2D eigenvalue weighted by Crippen LogP contribution is 2.43. The van der Waals surface area contributed by atoms with Gasteiger partial charge < -0.3 is 20.7 Å². The largest absolute Gasteiger partial charge is 0.461 e. The van der Waals surface area contributed by atoms with E-state index < -0.39 is 30.6 Å². The van der Waals surface area contributed by atoms with Gasteiger partial charge in [-0.1, -0.05) is 22.9 Å². The minimum absolute atomic E-state index is 0.0239. The number of nitrogen functional groups attached to an aromatic ring is 1. The maximum absolute atomic E-state index is 16.6. The lowest BCUT2D eigenvalue weighted by molar-refractivity contribution is 0.0156. The van der Waals surface area contributed by atoms with E-state index in [1.54, 1.807) is 0 Å². The first-order valence-corrected chi connectivity index (χ1v) is 15.1. The summed E-state index contributed by atoms with van der Waals surface area (Å²) in [6.07, 6.45) is 4.07. The van der Waals surface area contributed by atoms with Crippen LogP contribution in [0.3, 0.4) is 0 Å². The summed E-state index contributed by atoms with van der Waals surface area (Å²) >= 11 is 7.62. The third-order valence-corrected chi connectivity index (χ3v) is 9.76. The van der Waals surface area contributed by atoms with Gasteiger partial charge in [-0.15, -0.1) is 0 Å². The smallest absolute Gasteiger partial charge is 0.319 e. The Morgan fingerprint density at radius 2 is 1.86 bits per heavy atom. The number of alkyl halides is 2. The Morgan fingerprint density at radius 3 is 2.64 bits per heavy atom. The molecule has 0 amide bonds. The van der Waals surface area contributed by atoms with Gasteiger partial charge in [0.2, 0.25) is 0 Å². The van der Waals surface area contributed by atoms with E-state index in [-0.39, 0.29) is 72.9 Å². The zero-order chi connectivity index (χ0) is 29.2. The summed E-state index contributed by atoms with van der Waals surface area (Å²) in [6, 6.07) is 3.96. The van der Waals surface area contributed by atoms with Crippen molar-refractivity contribution in [1.29, 1.82) is 0 Å². The Hall–Kier alpha value is -3.00. The number of anilines is 2. The van der Waals surface area contributed by atoms with Crippen LogP contribution in [-0.4, -0.2) is 77.2 Å². The van der Waals surface area contributed by atoms with E-state index in [4.69, 9.17) is 22.1 Å². The lowest BCUT2D eigenvalue weighted by Gasteiger charge is -2.31. The maximum Gasteiger partial charge on any atom is 0.319 e. The molecule has 0 atom stereocenters. The van der Waals surface area contributed by atoms with Crippen molar-refractivity contribution in [3.63, 3.8) is 0 Å². The van der Waals surface area contributed by atoms with Gasteiger partial charge in [0.05, 0.1) is 33.9 Å². The minimum atomic E-state index is -3.05. The number of nitrogens with zero attached hydrogens (tertiary/aromatic N) is 5. The Bertz CT molecular complexity index is 1690.